The van der Waals surface area contributed by atoms with Crippen molar-refractivity contribution >= 4 is 5.84 Å². The van der Waals surface area contributed by atoms with Crippen molar-refractivity contribution < 1.29 is 4.74 Å². The van der Waals surface area contributed by atoms with Crippen molar-refractivity contribution in [3.8, 4) is 11.8 Å². The van der Waals surface area contributed by atoms with Gasteiger partial charge in [-0.2, -0.15) is 0 Å². The third-order valence-electron chi connectivity index (χ3n) is 3.68. The molecule has 0 aromatic heterocycles. The highest BCUT2D eigenvalue weighted by atomic mass is 16.5. The average molecular weight is 241 g/mol. The predicted octanol–water partition coefficient (Wildman–Crippen LogP) is 2.12. The fourth-order valence-corrected chi connectivity index (χ4v) is 1.69. The van der Waals surface area contributed by atoms with E-state index in [1.54, 1.807) is 0 Å². The van der Waals surface area contributed by atoms with Gasteiger partial charge in [-0.05, 0) is 39.8 Å². The maximum atomic E-state index is 12.1. The molecule has 0 saturated heterocycles. The summed E-state index contributed by atoms with van der Waals surface area (Å²) >= 11 is 0. The third kappa shape index (κ3) is 1.95. The van der Waals surface area contributed by atoms with Crippen LogP contribution < -0.4 is 5.32 Å². The van der Waals surface area contributed by atoms with Gasteiger partial charge in [-0.3, -0.25) is 0 Å². The Hall–Kier alpha value is -1.95. The molecule has 0 amide bonds. The minimum atomic E-state index is -0.562. The number of hydrogen-bond donors (Lipinski definition) is 0. The van der Waals surface area contributed by atoms with Crippen LogP contribution in [0.25, 0.3) is 0 Å². The minimum Gasteiger partial charge on any atom is -0.714 e. The molecule has 1 aliphatic heterocycles. The van der Waals surface area contributed by atoms with E-state index in [0.29, 0.717) is 5.84 Å². The molecule has 0 fully saturated rings. The van der Waals surface area contributed by atoms with E-state index in [4.69, 9.17) is 0 Å². The van der Waals surface area contributed by atoms with Crippen LogP contribution in [0.3, 0.4) is 0 Å². The van der Waals surface area contributed by atoms with E-state index in [0.717, 1.165) is 10.3 Å². The Bertz CT molecular complexity index is 545. The summed E-state index contributed by atoms with van der Waals surface area (Å²) < 4.78 is 0.920. The summed E-state index contributed by atoms with van der Waals surface area (Å²) in [5.74, 6) is 6.16. The molecule has 93 valence electrons. The van der Waals surface area contributed by atoms with E-state index in [9.17, 15) is 5.21 Å². The van der Waals surface area contributed by atoms with Crippen LogP contribution in [0.1, 0.15) is 33.3 Å². The molecule has 1 aromatic rings. The summed E-state index contributed by atoms with van der Waals surface area (Å²) in [5, 5.41) is 16.6. The molecule has 0 spiro atoms. The molecule has 0 bridgehead atoms. The van der Waals surface area contributed by atoms with E-state index in [2.05, 4.69) is 17.2 Å². The van der Waals surface area contributed by atoms with Gasteiger partial charge in [-0.15, -0.1) is 0 Å². The lowest BCUT2D eigenvalue weighted by molar-refractivity contribution is -0.538. The normalized spacial score (nSPS) is 20.0. The van der Waals surface area contributed by atoms with Crippen LogP contribution in [0.15, 0.2) is 30.3 Å². The second kappa shape index (κ2) is 4.06. The van der Waals surface area contributed by atoms with E-state index in [-0.39, 0.29) is 0 Å². The monoisotopic (exact) mass is 241 g/mol. The van der Waals surface area contributed by atoms with E-state index in [1.807, 2.05) is 58.0 Å². The van der Waals surface area contributed by atoms with Crippen molar-refractivity contribution in [2.45, 2.75) is 38.8 Å². The van der Waals surface area contributed by atoms with Crippen LogP contribution in [0, 0.1) is 17.0 Å². The molecule has 2 rings (SSSR count). The number of nitrogens with zero attached hydrogens (tertiary/aromatic N) is 2. The van der Waals surface area contributed by atoms with Crippen molar-refractivity contribution in [1.29, 1.82) is 0 Å². The fraction of sp³-hybridized carbons (Fsp3) is 0.400. The van der Waals surface area contributed by atoms with Crippen LogP contribution in [0.4, 0.5) is 0 Å². The van der Waals surface area contributed by atoms with E-state index < -0.39 is 11.1 Å². The number of benzene rings is 1. The fourth-order valence-electron chi connectivity index (χ4n) is 1.69. The van der Waals surface area contributed by atoms with Crippen molar-refractivity contribution in [2.24, 2.45) is 0 Å². The lowest BCUT2D eigenvalue weighted by atomic mass is 9.84. The zero-order valence-electron chi connectivity index (χ0n) is 11.2. The van der Waals surface area contributed by atoms with Gasteiger partial charge < -0.3 is 5.21 Å². The first-order chi connectivity index (χ1) is 8.34. The SMILES string of the molecule is CC1(C)[N]C(C#Cc2ccccc2)=[N+]([O-])C1(C)C. The highest BCUT2D eigenvalue weighted by molar-refractivity contribution is 5.96. The smallest absolute Gasteiger partial charge is 0.370 e. The van der Waals surface area contributed by atoms with Crippen molar-refractivity contribution in [3.05, 3.63) is 41.1 Å². The molecule has 0 saturated carbocycles. The quantitative estimate of drug-likeness (QED) is 0.389. The van der Waals surface area contributed by atoms with E-state index in [1.165, 1.54) is 0 Å². The van der Waals surface area contributed by atoms with Gasteiger partial charge >= 0.3 is 5.84 Å². The van der Waals surface area contributed by atoms with Gasteiger partial charge in [0.15, 0.2) is 11.1 Å². The number of hydroxylamine groups is 1. The first-order valence-corrected chi connectivity index (χ1v) is 5.99. The average Bonchev–Trinajstić information content (AvgIpc) is 2.48. The Morgan fingerprint density at radius 1 is 1.06 bits per heavy atom. The van der Waals surface area contributed by atoms with Crippen molar-refractivity contribution in [1.82, 2.24) is 5.32 Å². The predicted molar refractivity (Wildman–Crippen MR) is 72.2 cm³/mol. The second-order valence-corrected chi connectivity index (χ2v) is 5.46. The summed E-state index contributed by atoms with van der Waals surface area (Å²) in [6, 6.07) is 9.60. The molecule has 18 heavy (non-hydrogen) atoms. The summed E-state index contributed by atoms with van der Waals surface area (Å²) in [4.78, 5) is 0. The van der Waals surface area contributed by atoms with Crippen LogP contribution in [0.5, 0.6) is 0 Å². The molecule has 0 unspecified atom stereocenters. The maximum absolute atomic E-state index is 12.1. The molecule has 1 aliphatic rings. The molecule has 0 aliphatic carbocycles. The number of hydrogen-bond acceptors (Lipinski definition) is 1. The van der Waals surface area contributed by atoms with Crippen molar-refractivity contribution in [2.75, 3.05) is 0 Å². The molecule has 3 heteroatoms. The number of amidine groups is 1. The van der Waals surface area contributed by atoms with Gasteiger partial charge in [0.2, 0.25) is 0 Å². The standard InChI is InChI=1S/C15H17N2O/c1-14(2)15(3,4)17(18)13(16-14)11-10-12-8-6-5-7-9-12/h5-9H,1-4H3. The molecule has 1 aromatic carbocycles. The van der Waals surface area contributed by atoms with Crippen LogP contribution >= 0.6 is 0 Å². The van der Waals surface area contributed by atoms with Gasteiger partial charge in [-0.1, -0.05) is 29.4 Å². The maximum Gasteiger partial charge on any atom is 0.370 e. The third-order valence-corrected chi connectivity index (χ3v) is 3.68. The largest absolute Gasteiger partial charge is 0.714 e. The zero-order valence-corrected chi connectivity index (χ0v) is 11.2. The lowest BCUT2D eigenvalue weighted by Crippen LogP contribution is -2.50. The molecule has 1 radical (unpaired) electrons. The molecule has 3 nitrogen and oxygen atoms in total. The van der Waals surface area contributed by atoms with Crippen LogP contribution in [0.2, 0.25) is 0 Å². The Labute approximate surface area is 108 Å². The van der Waals surface area contributed by atoms with Gasteiger partial charge in [-0.25, -0.2) is 4.74 Å². The van der Waals surface area contributed by atoms with Gasteiger partial charge in [0.1, 0.15) is 0 Å². The highest BCUT2D eigenvalue weighted by Crippen LogP contribution is 2.30. The van der Waals surface area contributed by atoms with Gasteiger partial charge in [0.05, 0.1) is 0 Å². The molecule has 0 N–H and O–H groups in total. The molecular formula is C15H17N2O. The number of rotatable bonds is 0. The first kappa shape index (κ1) is 12.5. The molecular weight excluding hydrogens is 224 g/mol. The Kier molecular flexibility index (Phi) is 2.82. The Balaban J connectivity index is 2.33. The topological polar surface area (TPSA) is 40.2 Å². The molecule has 0 atom stereocenters. The van der Waals surface area contributed by atoms with Crippen LogP contribution in [-0.2, 0) is 0 Å². The summed E-state index contributed by atoms with van der Waals surface area (Å²) in [7, 11) is 0. The van der Waals surface area contributed by atoms with Gasteiger partial charge in [0.25, 0.3) is 0 Å². The van der Waals surface area contributed by atoms with Crippen molar-refractivity contribution in [3.63, 3.8) is 0 Å². The summed E-state index contributed by atoms with van der Waals surface area (Å²) in [6.45, 7) is 7.69. The highest BCUT2D eigenvalue weighted by Gasteiger charge is 2.55. The minimum absolute atomic E-state index is 0.314. The molecule has 1 heterocycles. The van der Waals surface area contributed by atoms with Gasteiger partial charge in [0, 0.05) is 11.5 Å². The summed E-state index contributed by atoms with van der Waals surface area (Å²) in [6.07, 6.45) is 0. The van der Waals surface area contributed by atoms with Crippen LogP contribution in [-0.4, -0.2) is 21.7 Å². The first-order valence-electron chi connectivity index (χ1n) is 5.99. The summed E-state index contributed by atoms with van der Waals surface area (Å²) in [5.41, 5.74) is -0.0977. The Morgan fingerprint density at radius 2 is 1.67 bits per heavy atom. The Morgan fingerprint density at radius 3 is 2.17 bits per heavy atom. The zero-order chi connectivity index (χ0) is 13.4. The lowest BCUT2D eigenvalue weighted by Gasteiger charge is -2.30. The second-order valence-electron chi connectivity index (χ2n) is 5.46. The van der Waals surface area contributed by atoms with E-state index >= 15 is 0 Å².